The highest BCUT2D eigenvalue weighted by Gasteiger charge is 2.03. The number of fused-ring (bicyclic) bond motifs is 2. The third kappa shape index (κ3) is 4.99. The predicted octanol–water partition coefficient (Wildman–Crippen LogP) is 7.57. The molecule has 0 aliphatic heterocycles. The largest absolute Gasteiger partial charge is 0.399 e. The fraction of sp³-hybridized carbons (Fsp3) is 0. The van der Waals surface area contributed by atoms with Gasteiger partial charge in [-0.05, 0) is 48.5 Å². The molecule has 0 radical (unpaired) electrons. The van der Waals surface area contributed by atoms with Gasteiger partial charge in [0.25, 0.3) is 0 Å². The van der Waals surface area contributed by atoms with Gasteiger partial charge >= 0.3 is 0 Å². The predicted molar refractivity (Wildman–Crippen MR) is 156 cm³/mol. The molecule has 0 fully saturated rings. The molecule has 38 heavy (non-hydrogen) atoms. The van der Waals surface area contributed by atoms with Crippen molar-refractivity contribution in [2.45, 2.75) is 0 Å². The van der Waals surface area contributed by atoms with Gasteiger partial charge in [-0.1, -0.05) is 72.8 Å². The molecule has 0 atom stereocenters. The molecule has 0 saturated heterocycles. The van der Waals surface area contributed by atoms with Gasteiger partial charge < -0.3 is 10.3 Å². The van der Waals surface area contributed by atoms with Crippen LogP contribution in [-0.4, -0.2) is 19.5 Å². The first-order valence-corrected chi connectivity index (χ1v) is 12.4. The molecule has 7 aromatic rings. The summed E-state index contributed by atoms with van der Waals surface area (Å²) in [4.78, 5) is 13.5. The number of imidazole rings is 1. The Labute approximate surface area is 220 Å². The number of rotatable bonds is 3. The molecule has 5 nitrogen and oxygen atoms in total. The molecule has 0 aliphatic rings. The van der Waals surface area contributed by atoms with E-state index in [-0.39, 0.29) is 0 Å². The van der Waals surface area contributed by atoms with E-state index in [9.17, 15) is 0 Å². The van der Waals surface area contributed by atoms with Crippen LogP contribution in [0.5, 0.6) is 0 Å². The van der Waals surface area contributed by atoms with Gasteiger partial charge in [-0.25, -0.2) is 15.0 Å². The molecule has 2 N–H and O–H groups in total. The van der Waals surface area contributed by atoms with E-state index in [1.54, 1.807) is 12.5 Å². The lowest BCUT2D eigenvalue weighted by atomic mass is 10.1. The number of pyridine rings is 2. The van der Waals surface area contributed by atoms with E-state index in [1.165, 1.54) is 0 Å². The zero-order valence-corrected chi connectivity index (χ0v) is 20.6. The Kier molecular flexibility index (Phi) is 6.31. The van der Waals surface area contributed by atoms with Gasteiger partial charge in [0.05, 0.1) is 28.7 Å². The van der Waals surface area contributed by atoms with E-state index < -0.39 is 0 Å². The molecular weight excluding hydrogens is 466 g/mol. The molecule has 7 rings (SSSR count). The van der Waals surface area contributed by atoms with Gasteiger partial charge in [0.1, 0.15) is 0 Å². The van der Waals surface area contributed by atoms with Gasteiger partial charge in [0, 0.05) is 45.7 Å². The van der Waals surface area contributed by atoms with Crippen molar-refractivity contribution in [3.63, 3.8) is 0 Å². The Morgan fingerprint density at radius 3 is 1.71 bits per heavy atom. The number of benzene rings is 4. The Balaban J connectivity index is 0.000000142. The number of nitrogens with two attached hydrogens (primary N) is 1. The average molecular weight is 492 g/mol. The van der Waals surface area contributed by atoms with Crippen LogP contribution in [0.1, 0.15) is 0 Å². The molecule has 0 unspecified atom stereocenters. The van der Waals surface area contributed by atoms with Crippen molar-refractivity contribution >= 4 is 27.5 Å². The van der Waals surface area contributed by atoms with Crippen molar-refractivity contribution in [1.29, 1.82) is 0 Å². The minimum atomic E-state index is 0.770. The van der Waals surface area contributed by atoms with Crippen LogP contribution in [0.25, 0.3) is 50.0 Å². The maximum absolute atomic E-state index is 5.75. The summed E-state index contributed by atoms with van der Waals surface area (Å²) in [6.45, 7) is 0. The van der Waals surface area contributed by atoms with E-state index in [0.717, 1.165) is 55.7 Å². The van der Waals surface area contributed by atoms with Gasteiger partial charge in [-0.15, -0.1) is 0 Å². The van der Waals surface area contributed by atoms with Crippen LogP contribution in [-0.2, 0) is 0 Å². The Morgan fingerprint density at radius 2 is 1.13 bits per heavy atom. The summed E-state index contributed by atoms with van der Waals surface area (Å²) in [5.41, 5.74) is 13.8. The lowest BCUT2D eigenvalue weighted by Crippen LogP contribution is -1.91. The Morgan fingerprint density at radius 1 is 0.553 bits per heavy atom. The molecule has 3 aromatic heterocycles. The maximum Gasteiger partial charge on any atom is 0.0991 e. The zero-order valence-electron chi connectivity index (χ0n) is 20.6. The average Bonchev–Trinajstić information content (AvgIpc) is 3.53. The first-order chi connectivity index (χ1) is 18.7. The van der Waals surface area contributed by atoms with Gasteiger partial charge in [0.2, 0.25) is 0 Å². The van der Waals surface area contributed by atoms with Crippen molar-refractivity contribution in [2.75, 3.05) is 5.73 Å². The summed E-state index contributed by atoms with van der Waals surface area (Å²) in [6, 6.07) is 40.7. The lowest BCUT2D eigenvalue weighted by Gasteiger charge is -2.06. The molecule has 4 aromatic carbocycles. The standard InChI is InChI=1S/C18H13N3.C15H12N2/c1-2-4-14(5-3-1)17-8-6-15-12-16(7-9-18(15)20-17)21-11-10-19-13-21;16-13-7-9-15-12(10-13)6-8-14(17-15)11-4-2-1-3-5-11/h1-13H;1-10H,16H2. The molecule has 0 bridgehead atoms. The summed E-state index contributed by atoms with van der Waals surface area (Å²) >= 11 is 0. The van der Waals surface area contributed by atoms with E-state index in [4.69, 9.17) is 10.7 Å². The SMILES string of the molecule is Nc1ccc2nc(-c3ccccc3)ccc2c1.c1ccc(-c2ccc3cc(-n4ccnc4)ccc3n2)cc1. The van der Waals surface area contributed by atoms with Gasteiger partial charge in [-0.2, -0.15) is 0 Å². The highest BCUT2D eigenvalue weighted by atomic mass is 15.0. The van der Waals surface area contributed by atoms with Gasteiger partial charge in [0.15, 0.2) is 0 Å². The zero-order chi connectivity index (χ0) is 25.7. The van der Waals surface area contributed by atoms with Crippen LogP contribution in [0.4, 0.5) is 5.69 Å². The minimum absolute atomic E-state index is 0.770. The number of nitrogens with zero attached hydrogens (tertiary/aromatic N) is 4. The normalized spacial score (nSPS) is 10.7. The fourth-order valence-electron chi connectivity index (χ4n) is 4.37. The Bertz CT molecular complexity index is 1810. The molecular formula is C33H25N5. The van der Waals surface area contributed by atoms with Crippen LogP contribution in [0.2, 0.25) is 0 Å². The molecule has 0 spiro atoms. The second kappa shape index (κ2) is 10.4. The quantitative estimate of drug-likeness (QED) is 0.259. The molecule has 5 heteroatoms. The fourth-order valence-corrected chi connectivity index (χ4v) is 4.37. The monoisotopic (exact) mass is 491 g/mol. The highest BCUT2D eigenvalue weighted by molar-refractivity contribution is 5.85. The van der Waals surface area contributed by atoms with Crippen LogP contribution >= 0.6 is 0 Å². The summed E-state index contributed by atoms with van der Waals surface area (Å²) in [6.07, 6.45) is 5.51. The summed E-state index contributed by atoms with van der Waals surface area (Å²) in [7, 11) is 0. The highest BCUT2D eigenvalue weighted by Crippen LogP contribution is 2.23. The minimum Gasteiger partial charge on any atom is -0.399 e. The number of aromatic nitrogens is 4. The van der Waals surface area contributed by atoms with Crippen molar-refractivity contribution in [1.82, 2.24) is 19.5 Å². The van der Waals surface area contributed by atoms with Crippen LogP contribution in [0.3, 0.4) is 0 Å². The van der Waals surface area contributed by atoms with Crippen molar-refractivity contribution < 1.29 is 0 Å². The van der Waals surface area contributed by atoms with Gasteiger partial charge in [-0.3, -0.25) is 0 Å². The first-order valence-electron chi connectivity index (χ1n) is 12.4. The van der Waals surface area contributed by atoms with E-state index in [2.05, 4.69) is 70.6 Å². The molecule has 3 heterocycles. The molecule has 0 amide bonds. The van der Waals surface area contributed by atoms with E-state index >= 15 is 0 Å². The number of anilines is 1. The lowest BCUT2D eigenvalue weighted by molar-refractivity contribution is 1.06. The first kappa shape index (κ1) is 23.1. The van der Waals surface area contributed by atoms with E-state index in [0.29, 0.717) is 0 Å². The maximum atomic E-state index is 5.75. The summed E-state index contributed by atoms with van der Waals surface area (Å²) in [5.74, 6) is 0. The summed E-state index contributed by atoms with van der Waals surface area (Å²) in [5, 5.41) is 2.20. The van der Waals surface area contributed by atoms with Crippen molar-refractivity contribution in [3.05, 3.63) is 140 Å². The Hall–Kier alpha value is -5.29. The smallest absolute Gasteiger partial charge is 0.0991 e. The van der Waals surface area contributed by atoms with Crippen LogP contribution in [0, 0.1) is 0 Å². The van der Waals surface area contributed by atoms with Crippen molar-refractivity contribution in [2.24, 2.45) is 0 Å². The topological polar surface area (TPSA) is 69.6 Å². The second-order valence-electron chi connectivity index (χ2n) is 8.92. The van der Waals surface area contributed by atoms with Crippen molar-refractivity contribution in [3.8, 4) is 28.2 Å². The molecule has 0 saturated carbocycles. The number of hydrogen-bond donors (Lipinski definition) is 1. The second-order valence-corrected chi connectivity index (χ2v) is 8.92. The third-order valence-corrected chi connectivity index (χ3v) is 6.33. The number of nitrogen functional groups attached to an aromatic ring is 1. The van der Waals surface area contributed by atoms with Crippen LogP contribution in [0.15, 0.2) is 140 Å². The summed E-state index contributed by atoms with van der Waals surface area (Å²) < 4.78 is 1.99. The molecule has 182 valence electrons. The molecule has 0 aliphatic carbocycles. The van der Waals surface area contributed by atoms with Crippen LogP contribution < -0.4 is 5.73 Å². The van der Waals surface area contributed by atoms with E-state index in [1.807, 2.05) is 71.4 Å². The third-order valence-electron chi connectivity index (χ3n) is 6.33. The number of hydrogen-bond acceptors (Lipinski definition) is 4.